The van der Waals surface area contributed by atoms with Gasteiger partial charge in [-0.3, -0.25) is 19.2 Å². The molecule has 0 aromatic heterocycles. The summed E-state index contributed by atoms with van der Waals surface area (Å²) in [5.41, 5.74) is 6.76. The van der Waals surface area contributed by atoms with Crippen molar-refractivity contribution in [2.24, 2.45) is 0 Å². The van der Waals surface area contributed by atoms with Crippen LogP contribution < -0.4 is 0 Å². The molecule has 4 rings (SSSR count). The van der Waals surface area contributed by atoms with Crippen LogP contribution in [-0.2, 0) is 0 Å². The quantitative estimate of drug-likeness (QED) is 0.277. The molecule has 0 aliphatic carbocycles. The summed E-state index contributed by atoms with van der Waals surface area (Å²) in [6.07, 6.45) is 3.27. The van der Waals surface area contributed by atoms with E-state index in [0.29, 0.717) is 22.3 Å². The van der Waals surface area contributed by atoms with Crippen LogP contribution in [0.5, 0.6) is 0 Å². The number of carbonyl (C=O) groups excluding carboxylic acids is 4. The molecule has 6 heteroatoms. The predicted molar refractivity (Wildman–Crippen MR) is 140 cm³/mol. The molecule has 0 heterocycles. The van der Waals surface area contributed by atoms with Gasteiger partial charge in [-0.15, -0.1) is 24.8 Å². The molecule has 0 radical (unpaired) electrons. The Bertz CT molecular complexity index is 1000. The average molecular weight is 493 g/mol. The van der Waals surface area contributed by atoms with Crippen molar-refractivity contribution < 1.29 is 19.2 Å². The normalized spacial score (nSPS) is 9.18. The van der Waals surface area contributed by atoms with Crippen molar-refractivity contribution in [1.29, 1.82) is 0 Å². The van der Waals surface area contributed by atoms with Crippen LogP contribution in [0.25, 0.3) is 22.3 Å². The molecule has 0 amide bonds. The molecule has 172 valence electrons. The monoisotopic (exact) mass is 492 g/mol. The molecule has 4 aromatic carbocycles. The Balaban J connectivity index is 0.000000321. The van der Waals surface area contributed by atoms with Crippen molar-refractivity contribution in [1.82, 2.24) is 0 Å². The van der Waals surface area contributed by atoms with Crippen molar-refractivity contribution in [3.63, 3.8) is 0 Å². The molecule has 34 heavy (non-hydrogen) atoms. The highest BCUT2D eigenvalue weighted by Crippen LogP contribution is 2.20. The van der Waals surface area contributed by atoms with E-state index in [9.17, 15) is 19.2 Å². The van der Waals surface area contributed by atoms with Gasteiger partial charge in [0.2, 0.25) is 0 Å². The molecular formula is C28H22Cl2O4. The Morgan fingerprint density at radius 2 is 0.441 bits per heavy atom. The molecule has 0 aliphatic rings. The van der Waals surface area contributed by atoms with Gasteiger partial charge in [0.05, 0.1) is 0 Å². The van der Waals surface area contributed by atoms with E-state index < -0.39 is 0 Å². The SMILES string of the molecule is Cl.Cl.O=Cc1ccc(-c2ccc(C=O)cc2)cc1.O=Cc1ccc(-c2ccc(C=O)cc2)cc1. The van der Waals surface area contributed by atoms with E-state index in [0.717, 1.165) is 47.4 Å². The first-order valence-electron chi connectivity index (χ1n) is 9.88. The van der Waals surface area contributed by atoms with E-state index in [1.807, 2.05) is 48.5 Å². The maximum Gasteiger partial charge on any atom is 0.150 e. The van der Waals surface area contributed by atoms with E-state index in [2.05, 4.69) is 0 Å². The zero-order valence-electron chi connectivity index (χ0n) is 18.0. The summed E-state index contributed by atoms with van der Waals surface area (Å²) in [4.78, 5) is 42.0. The van der Waals surface area contributed by atoms with Crippen LogP contribution in [0.2, 0.25) is 0 Å². The van der Waals surface area contributed by atoms with E-state index in [1.165, 1.54) is 0 Å². The van der Waals surface area contributed by atoms with Gasteiger partial charge in [0, 0.05) is 22.3 Å². The first kappa shape index (κ1) is 28.2. The number of aldehydes is 4. The van der Waals surface area contributed by atoms with Crippen LogP contribution in [0.4, 0.5) is 0 Å². The van der Waals surface area contributed by atoms with E-state index in [4.69, 9.17) is 0 Å². The van der Waals surface area contributed by atoms with Gasteiger partial charge in [0.1, 0.15) is 25.1 Å². The lowest BCUT2D eigenvalue weighted by atomic mass is 10.0. The molecule has 0 spiro atoms. The van der Waals surface area contributed by atoms with E-state index >= 15 is 0 Å². The molecule has 0 bridgehead atoms. The second kappa shape index (κ2) is 14.3. The zero-order valence-corrected chi connectivity index (χ0v) is 19.6. The third-order valence-corrected chi connectivity index (χ3v) is 4.85. The van der Waals surface area contributed by atoms with Crippen LogP contribution in [0.3, 0.4) is 0 Å². The van der Waals surface area contributed by atoms with Crippen LogP contribution >= 0.6 is 24.8 Å². The summed E-state index contributed by atoms with van der Waals surface area (Å²) in [5, 5.41) is 0. The van der Waals surface area contributed by atoms with Crippen LogP contribution in [0.15, 0.2) is 97.1 Å². The fourth-order valence-corrected chi connectivity index (χ4v) is 3.02. The highest BCUT2D eigenvalue weighted by Gasteiger charge is 1.99. The number of rotatable bonds is 6. The lowest BCUT2D eigenvalue weighted by molar-refractivity contribution is 0.111. The summed E-state index contributed by atoms with van der Waals surface area (Å²) in [5.74, 6) is 0. The fraction of sp³-hybridized carbons (Fsp3) is 0. The number of hydrogen-bond donors (Lipinski definition) is 0. The second-order valence-electron chi connectivity index (χ2n) is 6.96. The number of hydrogen-bond acceptors (Lipinski definition) is 4. The van der Waals surface area contributed by atoms with Crippen molar-refractivity contribution in [3.8, 4) is 22.3 Å². The topological polar surface area (TPSA) is 68.3 Å². The number of benzene rings is 4. The largest absolute Gasteiger partial charge is 0.298 e. The van der Waals surface area contributed by atoms with Crippen LogP contribution in [-0.4, -0.2) is 25.1 Å². The van der Waals surface area contributed by atoms with Gasteiger partial charge >= 0.3 is 0 Å². The highest BCUT2D eigenvalue weighted by molar-refractivity contribution is 5.85. The molecule has 0 N–H and O–H groups in total. The fourth-order valence-electron chi connectivity index (χ4n) is 3.02. The van der Waals surface area contributed by atoms with Crippen LogP contribution in [0.1, 0.15) is 41.4 Å². The molecule has 0 unspecified atom stereocenters. The summed E-state index contributed by atoms with van der Waals surface area (Å²) >= 11 is 0. The van der Waals surface area contributed by atoms with Crippen molar-refractivity contribution >= 4 is 50.0 Å². The first-order chi connectivity index (χ1) is 15.7. The average Bonchev–Trinajstić information content (AvgIpc) is 2.89. The van der Waals surface area contributed by atoms with Crippen molar-refractivity contribution in [2.75, 3.05) is 0 Å². The Morgan fingerprint density at radius 1 is 0.294 bits per heavy atom. The van der Waals surface area contributed by atoms with E-state index in [1.54, 1.807) is 48.5 Å². The third kappa shape index (κ3) is 7.62. The number of halogens is 2. The highest BCUT2D eigenvalue weighted by atomic mass is 35.5. The summed E-state index contributed by atoms with van der Waals surface area (Å²) in [6, 6.07) is 29.3. The lowest BCUT2D eigenvalue weighted by Crippen LogP contribution is -1.83. The first-order valence-corrected chi connectivity index (χ1v) is 9.88. The van der Waals surface area contributed by atoms with Gasteiger partial charge in [0.15, 0.2) is 0 Å². The Kier molecular flexibility index (Phi) is 11.9. The molecule has 4 nitrogen and oxygen atoms in total. The van der Waals surface area contributed by atoms with Crippen LogP contribution in [0, 0.1) is 0 Å². The molecular weight excluding hydrogens is 471 g/mol. The van der Waals surface area contributed by atoms with Gasteiger partial charge in [-0.05, 0) is 22.3 Å². The minimum absolute atomic E-state index is 0. The Hall–Kier alpha value is -3.86. The number of carbonyl (C=O) groups is 4. The summed E-state index contributed by atoms with van der Waals surface area (Å²) < 4.78 is 0. The van der Waals surface area contributed by atoms with Gasteiger partial charge in [-0.1, -0.05) is 97.1 Å². The Morgan fingerprint density at radius 3 is 0.559 bits per heavy atom. The van der Waals surface area contributed by atoms with E-state index in [-0.39, 0.29) is 24.8 Å². The predicted octanol–water partition coefficient (Wildman–Crippen LogP) is 6.80. The second-order valence-corrected chi connectivity index (χ2v) is 6.96. The molecule has 0 saturated heterocycles. The molecule has 0 aliphatic heterocycles. The van der Waals surface area contributed by atoms with Gasteiger partial charge in [0.25, 0.3) is 0 Å². The summed E-state index contributed by atoms with van der Waals surface area (Å²) in [6.45, 7) is 0. The lowest BCUT2D eigenvalue weighted by Gasteiger charge is -2.01. The molecule has 0 saturated carbocycles. The standard InChI is InChI=1S/2C14H10O2.2ClH/c2*15-9-11-1-5-13(6-2-11)14-7-3-12(10-16)4-8-14;;/h2*1-10H;2*1H. The van der Waals surface area contributed by atoms with Crippen molar-refractivity contribution in [3.05, 3.63) is 119 Å². The van der Waals surface area contributed by atoms with Crippen molar-refractivity contribution in [2.45, 2.75) is 0 Å². The molecule has 0 fully saturated rings. The van der Waals surface area contributed by atoms with Gasteiger partial charge in [-0.25, -0.2) is 0 Å². The summed E-state index contributed by atoms with van der Waals surface area (Å²) in [7, 11) is 0. The van der Waals surface area contributed by atoms with Gasteiger partial charge < -0.3 is 0 Å². The van der Waals surface area contributed by atoms with Gasteiger partial charge in [-0.2, -0.15) is 0 Å². The minimum atomic E-state index is 0. The zero-order chi connectivity index (χ0) is 22.8. The molecule has 0 atom stereocenters. The maximum absolute atomic E-state index is 10.5. The Labute approximate surface area is 210 Å². The maximum atomic E-state index is 10.5. The molecule has 4 aromatic rings. The smallest absolute Gasteiger partial charge is 0.150 e. The minimum Gasteiger partial charge on any atom is -0.298 e. The third-order valence-electron chi connectivity index (χ3n) is 4.85.